The van der Waals surface area contributed by atoms with Crippen molar-refractivity contribution in [2.45, 2.75) is 64.5 Å². The van der Waals surface area contributed by atoms with Crippen molar-refractivity contribution in [2.75, 3.05) is 14.2 Å². The molecule has 2 aromatic heterocycles. The summed E-state index contributed by atoms with van der Waals surface area (Å²) >= 11 is 0. The Morgan fingerprint density at radius 3 is 2.19 bits per heavy atom. The third kappa shape index (κ3) is 3.94. The van der Waals surface area contributed by atoms with Crippen molar-refractivity contribution in [3.05, 3.63) is 23.5 Å². The molecule has 0 amide bonds. The van der Waals surface area contributed by atoms with Gasteiger partial charge in [0.1, 0.15) is 0 Å². The monoisotopic (exact) mass is 382 g/mol. The van der Waals surface area contributed by atoms with Gasteiger partial charge < -0.3 is 9.47 Å². The molecule has 1 saturated carbocycles. The van der Waals surface area contributed by atoms with Crippen molar-refractivity contribution in [3.8, 4) is 11.8 Å². The number of nitrogens with zero attached hydrogens (tertiary/aromatic N) is 4. The Morgan fingerprint density at radius 2 is 1.67 bits per heavy atom. The fourth-order valence-corrected chi connectivity index (χ4v) is 3.85. The summed E-state index contributed by atoms with van der Waals surface area (Å²) in [6, 6.07) is 0.370. The molecule has 1 aliphatic rings. The Labute approximate surface area is 158 Å². The molecular formula is C19H28F2N4O2. The molecule has 0 spiro atoms. The molecule has 0 saturated heterocycles. The van der Waals surface area contributed by atoms with Crippen LogP contribution in [0.2, 0.25) is 0 Å². The van der Waals surface area contributed by atoms with E-state index < -0.39 is 6.55 Å². The van der Waals surface area contributed by atoms with E-state index in [0.717, 1.165) is 30.4 Å². The highest BCUT2D eigenvalue weighted by Crippen LogP contribution is 2.44. The van der Waals surface area contributed by atoms with Gasteiger partial charge in [0, 0.05) is 23.5 Å². The highest BCUT2D eigenvalue weighted by atomic mass is 19.3. The molecule has 8 heteroatoms. The van der Waals surface area contributed by atoms with E-state index >= 15 is 0 Å². The molecule has 27 heavy (non-hydrogen) atoms. The third-order valence-corrected chi connectivity index (χ3v) is 5.46. The van der Waals surface area contributed by atoms with Crippen molar-refractivity contribution in [1.82, 2.24) is 19.6 Å². The van der Waals surface area contributed by atoms with Gasteiger partial charge in [0.25, 0.3) is 0 Å². The van der Waals surface area contributed by atoms with E-state index in [0.29, 0.717) is 28.4 Å². The molecule has 2 aromatic rings. The van der Waals surface area contributed by atoms with Crippen LogP contribution in [0, 0.1) is 5.92 Å². The largest absolute Gasteiger partial charge is 0.480 e. The Kier molecular flexibility index (Phi) is 5.72. The van der Waals surface area contributed by atoms with Crippen molar-refractivity contribution in [3.63, 3.8) is 0 Å². The van der Waals surface area contributed by atoms with Gasteiger partial charge in [-0.2, -0.15) is 8.78 Å². The zero-order valence-corrected chi connectivity index (χ0v) is 16.5. The number of aromatic nitrogens is 4. The highest BCUT2D eigenvalue weighted by molar-refractivity contribution is 5.28. The first kappa shape index (κ1) is 19.6. The lowest BCUT2D eigenvalue weighted by Gasteiger charge is -2.36. The minimum atomic E-state index is -2.65. The summed E-state index contributed by atoms with van der Waals surface area (Å²) in [6.07, 6.45) is 6.45. The van der Waals surface area contributed by atoms with E-state index in [4.69, 9.17) is 9.47 Å². The van der Waals surface area contributed by atoms with Crippen molar-refractivity contribution < 1.29 is 18.3 Å². The second-order valence-corrected chi connectivity index (χ2v) is 7.71. The van der Waals surface area contributed by atoms with Crippen LogP contribution in [-0.4, -0.2) is 33.8 Å². The van der Waals surface area contributed by atoms with Gasteiger partial charge in [-0.1, -0.05) is 20.8 Å². The van der Waals surface area contributed by atoms with Crippen LogP contribution in [0.15, 0.2) is 12.4 Å². The predicted molar refractivity (Wildman–Crippen MR) is 97.7 cm³/mol. The molecule has 2 heterocycles. The van der Waals surface area contributed by atoms with E-state index in [1.807, 2.05) is 11.6 Å². The van der Waals surface area contributed by atoms with Gasteiger partial charge in [-0.15, -0.1) is 10.2 Å². The summed E-state index contributed by atoms with van der Waals surface area (Å²) in [5.41, 5.74) is 1.86. The SMILES string of the molecule is COc1nn(C2CC(CC(C)c3cn(C(F)F)nc3OC)C2)cc1C(C)C. The van der Waals surface area contributed by atoms with Crippen LogP contribution in [0.5, 0.6) is 11.8 Å². The Hall–Kier alpha value is -2.12. The molecule has 0 N–H and O–H groups in total. The number of hydrogen-bond acceptors (Lipinski definition) is 4. The zero-order chi connectivity index (χ0) is 19.7. The second-order valence-electron chi connectivity index (χ2n) is 7.71. The summed E-state index contributed by atoms with van der Waals surface area (Å²) in [4.78, 5) is 0. The average Bonchev–Trinajstić information content (AvgIpc) is 3.21. The molecular weight excluding hydrogens is 354 g/mol. The molecule has 0 aromatic carbocycles. The Morgan fingerprint density at radius 1 is 1.04 bits per heavy atom. The number of ether oxygens (including phenoxy) is 2. The van der Waals surface area contributed by atoms with Crippen LogP contribution in [0.25, 0.3) is 0 Å². The van der Waals surface area contributed by atoms with Gasteiger partial charge in [0.15, 0.2) is 0 Å². The first-order valence-electron chi connectivity index (χ1n) is 9.38. The predicted octanol–water partition coefficient (Wildman–Crippen LogP) is 4.76. The summed E-state index contributed by atoms with van der Waals surface area (Å²) in [7, 11) is 3.11. The van der Waals surface area contributed by atoms with Gasteiger partial charge in [-0.05, 0) is 37.0 Å². The third-order valence-electron chi connectivity index (χ3n) is 5.46. The van der Waals surface area contributed by atoms with Gasteiger partial charge >= 0.3 is 6.55 Å². The molecule has 3 rings (SSSR count). The quantitative estimate of drug-likeness (QED) is 0.660. The van der Waals surface area contributed by atoms with E-state index in [2.05, 4.69) is 30.2 Å². The van der Waals surface area contributed by atoms with Crippen molar-refractivity contribution >= 4 is 0 Å². The molecule has 6 nitrogen and oxygen atoms in total. The van der Waals surface area contributed by atoms with E-state index in [1.54, 1.807) is 7.11 Å². The lowest BCUT2D eigenvalue weighted by atomic mass is 9.74. The number of rotatable bonds is 8. The van der Waals surface area contributed by atoms with Crippen LogP contribution in [-0.2, 0) is 0 Å². The first-order valence-corrected chi connectivity index (χ1v) is 9.38. The van der Waals surface area contributed by atoms with Crippen LogP contribution in [0.4, 0.5) is 8.78 Å². The number of alkyl halides is 2. The highest BCUT2D eigenvalue weighted by Gasteiger charge is 2.34. The fourth-order valence-electron chi connectivity index (χ4n) is 3.85. The van der Waals surface area contributed by atoms with Crippen LogP contribution in [0.1, 0.15) is 75.6 Å². The average molecular weight is 382 g/mol. The maximum absolute atomic E-state index is 12.9. The normalized spacial score (nSPS) is 20.8. The maximum atomic E-state index is 12.9. The number of hydrogen-bond donors (Lipinski definition) is 0. The first-order chi connectivity index (χ1) is 12.8. The molecule has 1 unspecified atom stereocenters. The summed E-state index contributed by atoms with van der Waals surface area (Å²) in [5, 5.41) is 8.39. The second kappa shape index (κ2) is 7.86. The standard InChI is InChI=1S/C19H28F2N4O2/c1-11(2)15-9-24(22-17(15)26-4)14-7-13(8-14)6-12(3)16-10-25(19(20)21)23-18(16)27-5/h9-14,19H,6-8H2,1-5H3. The lowest BCUT2D eigenvalue weighted by Crippen LogP contribution is -2.28. The molecule has 1 fully saturated rings. The summed E-state index contributed by atoms with van der Waals surface area (Å²) in [6.45, 7) is 3.64. The Bertz CT molecular complexity index is 766. The fraction of sp³-hybridized carbons (Fsp3) is 0.684. The number of halogens is 2. The van der Waals surface area contributed by atoms with Crippen LogP contribution in [0.3, 0.4) is 0 Å². The molecule has 0 aliphatic heterocycles. The molecule has 0 bridgehead atoms. The van der Waals surface area contributed by atoms with E-state index in [1.165, 1.54) is 13.3 Å². The molecule has 150 valence electrons. The minimum Gasteiger partial charge on any atom is -0.480 e. The topological polar surface area (TPSA) is 54.1 Å². The lowest BCUT2D eigenvalue weighted by molar-refractivity contribution is 0.0553. The van der Waals surface area contributed by atoms with Crippen LogP contribution < -0.4 is 9.47 Å². The van der Waals surface area contributed by atoms with Crippen molar-refractivity contribution in [2.24, 2.45) is 5.92 Å². The van der Waals surface area contributed by atoms with Crippen LogP contribution >= 0.6 is 0 Å². The van der Waals surface area contributed by atoms with Gasteiger partial charge in [0.2, 0.25) is 11.8 Å². The van der Waals surface area contributed by atoms with Gasteiger partial charge in [-0.25, -0.2) is 4.68 Å². The Balaban J connectivity index is 1.61. The minimum absolute atomic E-state index is 0.108. The molecule has 1 aliphatic carbocycles. The van der Waals surface area contributed by atoms with Gasteiger partial charge in [-0.3, -0.25) is 4.68 Å². The molecule has 0 radical (unpaired) electrons. The maximum Gasteiger partial charge on any atom is 0.333 e. The number of methoxy groups -OCH3 is 2. The van der Waals surface area contributed by atoms with E-state index in [-0.39, 0.29) is 11.8 Å². The summed E-state index contributed by atoms with van der Waals surface area (Å²) < 4.78 is 39.0. The molecule has 1 atom stereocenters. The summed E-state index contributed by atoms with van der Waals surface area (Å²) in [5.74, 6) is 1.99. The van der Waals surface area contributed by atoms with E-state index in [9.17, 15) is 8.78 Å². The van der Waals surface area contributed by atoms with Gasteiger partial charge in [0.05, 0.1) is 20.3 Å². The smallest absolute Gasteiger partial charge is 0.333 e. The zero-order valence-electron chi connectivity index (χ0n) is 16.5. The van der Waals surface area contributed by atoms with Crippen molar-refractivity contribution in [1.29, 1.82) is 0 Å².